The van der Waals surface area contributed by atoms with Crippen molar-refractivity contribution in [1.82, 2.24) is 9.78 Å². The zero-order valence-electron chi connectivity index (χ0n) is 14.8. The maximum atomic E-state index is 12.8. The average molecular weight is 373 g/mol. The highest BCUT2D eigenvalue weighted by Crippen LogP contribution is 2.33. The second-order valence-corrected chi connectivity index (χ2v) is 6.09. The Kier molecular flexibility index (Phi) is 5.03. The molecule has 0 bridgehead atoms. The first-order chi connectivity index (χ1) is 12.8. The van der Waals surface area contributed by atoms with Gasteiger partial charge in [0, 0.05) is 24.5 Å². The zero-order valence-corrected chi connectivity index (χ0v) is 14.8. The van der Waals surface area contributed by atoms with Crippen molar-refractivity contribution < 1.29 is 18.0 Å². The Morgan fingerprint density at radius 2 is 1.78 bits per heavy atom. The van der Waals surface area contributed by atoms with E-state index in [1.165, 1.54) is 12.1 Å². The van der Waals surface area contributed by atoms with E-state index in [9.17, 15) is 18.0 Å². The summed E-state index contributed by atoms with van der Waals surface area (Å²) in [7, 11) is 1.74. The van der Waals surface area contributed by atoms with Gasteiger partial charge in [0.25, 0.3) is 5.91 Å². The lowest BCUT2D eigenvalue weighted by Crippen LogP contribution is -2.13. The van der Waals surface area contributed by atoms with Crippen molar-refractivity contribution in [3.05, 3.63) is 71.5 Å². The number of aryl methyl sites for hydroxylation is 2. The second-order valence-electron chi connectivity index (χ2n) is 6.09. The van der Waals surface area contributed by atoms with Gasteiger partial charge in [0.1, 0.15) is 0 Å². The lowest BCUT2D eigenvalue weighted by atomic mass is 10.0. The molecule has 1 N–H and O–H groups in total. The second kappa shape index (κ2) is 7.26. The fraction of sp³-hybridized carbons (Fsp3) is 0.200. The van der Waals surface area contributed by atoms with Crippen LogP contribution in [-0.4, -0.2) is 15.7 Å². The van der Waals surface area contributed by atoms with Gasteiger partial charge < -0.3 is 5.32 Å². The number of amides is 1. The number of nitrogens with one attached hydrogen (secondary N) is 1. The van der Waals surface area contributed by atoms with E-state index in [-0.39, 0.29) is 5.91 Å². The lowest BCUT2D eigenvalue weighted by molar-refractivity contribution is -0.137. The van der Waals surface area contributed by atoms with Gasteiger partial charge in [0.15, 0.2) is 0 Å². The van der Waals surface area contributed by atoms with Gasteiger partial charge in [-0.1, -0.05) is 37.3 Å². The molecule has 0 spiro atoms. The van der Waals surface area contributed by atoms with Crippen LogP contribution in [0.15, 0.2) is 54.7 Å². The molecule has 140 valence electrons. The molecule has 2 aromatic carbocycles. The Labute approximate surface area is 154 Å². The molecular formula is C20H18F3N3O. The van der Waals surface area contributed by atoms with Crippen LogP contribution in [0.2, 0.25) is 0 Å². The van der Waals surface area contributed by atoms with Gasteiger partial charge in [0.2, 0.25) is 0 Å². The molecule has 0 saturated heterocycles. The SMILES string of the molecule is CCc1nn(C)cc1C(=O)Nc1ccccc1-c1ccc(C(F)(F)F)cc1. The lowest BCUT2D eigenvalue weighted by Gasteiger charge is -2.12. The van der Waals surface area contributed by atoms with E-state index >= 15 is 0 Å². The smallest absolute Gasteiger partial charge is 0.321 e. The Bertz CT molecular complexity index is 959. The third kappa shape index (κ3) is 4.02. The number of anilines is 1. The fourth-order valence-corrected chi connectivity index (χ4v) is 2.86. The highest BCUT2D eigenvalue weighted by molar-refractivity contribution is 6.06. The van der Waals surface area contributed by atoms with Gasteiger partial charge in [0.05, 0.1) is 16.8 Å². The summed E-state index contributed by atoms with van der Waals surface area (Å²) in [5.74, 6) is -0.306. The van der Waals surface area contributed by atoms with Gasteiger partial charge in [-0.05, 0) is 30.2 Å². The molecule has 3 rings (SSSR count). The van der Waals surface area contributed by atoms with Crippen molar-refractivity contribution in [1.29, 1.82) is 0 Å². The van der Waals surface area contributed by atoms with E-state index in [0.29, 0.717) is 34.5 Å². The maximum Gasteiger partial charge on any atom is 0.416 e. The maximum absolute atomic E-state index is 12.8. The Hall–Kier alpha value is -3.09. The first-order valence-corrected chi connectivity index (χ1v) is 8.40. The molecule has 0 fully saturated rings. The van der Waals surface area contributed by atoms with E-state index in [4.69, 9.17) is 0 Å². The third-order valence-corrected chi connectivity index (χ3v) is 4.18. The first kappa shape index (κ1) is 18.7. The van der Waals surface area contributed by atoms with Gasteiger partial charge in [-0.15, -0.1) is 0 Å². The molecule has 1 aromatic heterocycles. The van der Waals surface area contributed by atoms with Crippen LogP contribution in [0.5, 0.6) is 0 Å². The molecule has 27 heavy (non-hydrogen) atoms. The molecule has 0 radical (unpaired) electrons. The predicted octanol–water partition coefficient (Wildman–Crippen LogP) is 4.92. The molecular weight excluding hydrogens is 355 g/mol. The van der Waals surface area contributed by atoms with Crippen LogP contribution in [0.4, 0.5) is 18.9 Å². The summed E-state index contributed by atoms with van der Waals surface area (Å²) < 4.78 is 39.9. The number of nitrogens with zero attached hydrogens (tertiary/aromatic N) is 2. The molecule has 4 nitrogen and oxygen atoms in total. The normalized spacial score (nSPS) is 11.4. The molecule has 1 amide bonds. The van der Waals surface area contributed by atoms with E-state index < -0.39 is 11.7 Å². The van der Waals surface area contributed by atoms with Gasteiger partial charge in [-0.2, -0.15) is 18.3 Å². The minimum atomic E-state index is -4.39. The number of aromatic nitrogens is 2. The van der Waals surface area contributed by atoms with Crippen LogP contribution in [0.25, 0.3) is 11.1 Å². The summed E-state index contributed by atoms with van der Waals surface area (Å²) in [6, 6.07) is 11.9. The van der Waals surface area contributed by atoms with Crippen molar-refractivity contribution in [2.75, 3.05) is 5.32 Å². The Morgan fingerprint density at radius 3 is 2.41 bits per heavy atom. The number of hydrogen-bond acceptors (Lipinski definition) is 2. The number of carbonyl (C=O) groups excluding carboxylic acids is 1. The summed E-state index contributed by atoms with van der Waals surface area (Å²) >= 11 is 0. The highest BCUT2D eigenvalue weighted by Gasteiger charge is 2.30. The fourth-order valence-electron chi connectivity index (χ4n) is 2.86. The number of alkyl halides is 3. The molecule has 0 aliphatic carbocycles. The van der Waals surface area contributed by atoms with Gasteiger partial charge >= 0.3 is 6.18 Å². The number of halogens is 3. The number of para-hydroxylation sites is 1. The molecule has 0 saturated carbocycles. The van der Waals surface area contributed by atoms with Crippen molar-refractivity contribution in [2.45, 2.75) is 19.5 Å². The number of carbonyl (C=O) groups is 1. The number of rotatable bonds is 4. The minimum absolute atomic E-state index is 0.306. The summed E-state index contributed by atoms with van der Waals surface area (Å²) in [6.07, 6.45) is -2.12. The Morgan fingerprint density at radius 1 is 1.11 bits per heavy atom. The van der Waals surface area contributed by atoms with Crippen LogP contribution in [0.3, 0.4) is 0 Å². The summed E-state index contributed by atoms with van der Waals surface area (Å²) in [5.41, 5.74) is 2.19. The van der Waals surface area contributed by atoms with Crippen LogP contribution < -0.4 is 5.32 Å². The predicted molar refractivity (Wildman–Crippen MR) is 97.4 cm³/mol. The summed E-state index contributed by atoms with van der Waals surface area (Å²) in [6.45, 7) is 1.91. The van der Waals surface area contributed by atoms with Crippen molar-refractivity contribution in [3.63, 3.8) is 0 Å². The monoisotopic (exact) mass is 373 g/mol. The molecule has 7 heteroatoms. The molecule has 0 atom stereocenters. The molecule has 3 aromatic rings. The quantitative estimate of drug-likeness (QED) is 0.706. The van der Waals surface area contributed by atoms with E-state index in [1.807, 2.05) is 6.92 Å². The van der Waals surface area contributed by atoms with Crippen molar-refractivity contribution >= 4 is 11.6 Å². The van der Waals surface area contributed by atoms with E-state index in [0.717, 1.165) is 12.1 Å². The van der Waals surface area contributed by atoms with E-state index in [2.05, 4.69) is 10.4 Å². The molecule has 0 aliphatic rings. The van der Waals surface area contributed by atoms with Gasteiger partial charge in [-0.3, -0.25) is 9.48 Å². The molecule has 0 aliphatic heterocycles. The first-order valence-electron chi connectivity index (χ1n) is 8.40. The molecule has 1 heterocycles. The summed E-state index contributed by atoms with van der Waals surface area (Å²) in [4.78, 5) is 12.7. The van der Waals surface area contributed by atoms with Crippen LogP contribution in [0.1, 0.15) is 28.5 Å². The van der Waals surface area contributed by atoms with Crippen LogP contribution >= 0.6 is 0 Å². The zero-order chi connectivity index (χ0) is 19.6. The third-order valence-electron chi connectivity index (χ3n) is 4.18. The van der Waals surface area contributed by atoms with Gasteiger partial charge in [-0.25, -0.2) is 0 Å². The topological polar surface area (TPSA) is 46.9 Å². The highest BCUT2D eigenvalue weighted by atomic mass is 19.4. The minimum Gasteiger partial charge on any atom is -0.321 e. The van der Waals surface area contributed by atoms with Crippen molar-refractivity contribution in [3.8, 4) is 11.1 Å². The van der Waals surface area contributed by atoms with Crippen molar-refractivity contribution in [2.24, 2.45) is 7.05 Å². The standard InChI is InChI=1S/C20H18F3N3O/c1-3-17-16(12-26(2)25-17)19(27)24-18-7-5-4-6-15(18)13-8-10-14(11-9-13)20(21,22)23/h4-12H,3H2,1-2H3,(H,24,27). The summed E-state index contributed by atoms with van der Waals surface area (Å²) in [5, 5.41) is 7.10. The van der Waals surface area contributed by atoms with Crippen LogP contribution in [-0.2, 0) is 19.6 Å². The van der Waals surface area contributed by atoms with Crippen LogP contribution in [0, 0.1) is 0 Å². The average Bonchev–Trinajstić information content (AvgIpc) is 3.03. The largest absolute Gasteiger partial charge is 0.416 e. The number of benzene rings is 2. The van der Waals surface area contributed by atoms with E-state index in [1.54, 1.807) is 42.2 Å². The number of hydrogen-bond donors (Lipinski definition) is 1. The molecule has 0 unspecified atom stereocenters. The Balaban J connectivity index is 1.91.